The van der Waals surface area contributed by atoms with Gasteiger partial charge in [-0.25, -0.2) is 13.6 Å². The quantitative estimate of drug-likeness (QED) is 0.750. The van der Waals surface area contributed by atoms with Gasteiger partial charge < -0.3 is 20.3 Å². The zero-order valence-corrected chi connectivity index (χ0v) is 16.1. The summed E-state index contributed by atoms with van der Waals surface area (Å²) < 4.78 is 31.8. The van der Waals surface area contributed by atoms with Gasteiger partial charge in [0.05, 0.1) is 22.6 Å². The van der Waals surface area contributed by atoms with Crippen molar-refractivity contribution in [1.82, 2.24) is 0 Å². The molecule has 1 saturated heterocycles. The molecule has 0 aliphatic carbocycles. The lowest BCUT2D eigenvalue weighted by molar-refractivity contribution is -0.123. The minimum Gasteiger partial charge on any atom is -0.449 e. The van der Waals surface area contributed by atoms with E-state index in [1.54, 1.807) is 12.1 Å². The van der Waals surface area contributed by atoms with Crippen molar-refractivity contribution < 1.29 is 27.9 Å². The first-order valence-electron chi connectivity index (χ1n) is 9.52. The molecule has 0 bridgehead atoms. The van der Waals surface area contributed by atoms with E-state index in [2.05, 4.69) is 10.6 Å². The number of hydrogen-bond acceptors (Lipinski definition) is 5. The number of ether oxygens (including phenoxy) is 1. The molecule has 0 saturated carbocycles. The van der Waals surface area contributed by atoms with Crippen LogP contribution in [0, 0.1) is 11.6 Å². The molecule has 2 atom stereocenters. The summed E-state index contributed by atoms with van der Waals surface area (Å²) in [6.07, 6.45) is 0.481. The first-order chi connectivity index (χ1) is 14.3. The van der Waals surface area contributed by atoms with E-state index in [4.69, 9.17) is 4.74 Å². The first kappa shape index (κ1) is 19.8. The lowest BCUT2D eigenvalue weighted by atomic mass is 10.1. The van der Waals surface area contributed by atoms with E-state index in [0.29, 0.717) is 11.8 Å². The Morgan fingerprint density at radius 3 is 2.80 bits per heavy atom. The summed E-state index contributed by atoms with van der Waals surface area (Å²) in [5.41, 5.74) is 1.30. The third kappa shape index (κ3) is 3.70. The second kappa shape index (κ2) is 7.74. The van der Waals surface area contributed by atoms with Gasteiger partial charge in [-0.05, 0) is 50.1 Å². The molecule has 2 aromatic carbocycles. The minimum absolute atomic E-state index is 0.111. The average Bonchev–Trinajstić information content (AvgIpc) is 3.20. The Kier molecular flexibility index (Phi) is 5.11. The molecule has 2 N–H and O–H groups in total. The third-order valence-electron chi connectivity index (χ3n) is 5.20. The number of benzene rings is 2. The summed E-state index contributed by atoms with van der Waals surface area (Å²) in [4.78, 5) is 38.9. The highest BCUT2D eigenvalue weighted by atomic mass is 19.1. The third-order valence-corrected chi connectivity index (χ3v) is 5.20. The molecule has 0 aromatic heterocycles. The van der Waals surface area contributed by atoms with E-state index in [-0.39, 0.29) is 23.2 Å². The fourth-order valence-electron chi connectivity index (χ4n) is 3.66. The first-order valence-corrected chi connectivity index (χ1v) is 9.52. The second-order valence-corrected chi connectivity index (χ2v) is 7.23. The van der Waals surface area contributed by atoms with Crippen molar-refractivity contribution in [2.75, 3.05) is 22.1 Å². The van der Waals surface area contributed by atoms with E-state index in [9.17, 15) is 23.2 Å². The van der Waals surface area contributed by atoms with Crippen LogP contribution in [-0.4, -0.2) is 36.5 Å². The summed E-state index contributed by atoms with van der Waals surface area (Å²) >= 11 is 0. The molecule has 2 amide bonds. The van der Waals surface area contributed by atoms with Gasteiger partial charge in [0.2, 0.25) is 5.91 Å². The summed E-state index contributed by atoms with van der Waals surface area (Å²) in [5.74, 6) is -3.35. The van der Waals surface area contributed by atoms with Gasteiger partial charge in [0.15, 0.2) is 6.10 Å². The number of carbonyl (C=O) groups excluding carboxylic acids is 3. The van der Waals surface area contributed by atoms with Gasteiger partial charge in [-0.15, -0.1) is 0 Å². The molecule has 9 heteroatoms. The molecule has 4 rings (SSSR count). The van der Waals surface area contributed by atoms with Gasteiger partial charge in [-0.1, -0.05) is 0 Å². The van der Waals surface area contributed by atoms with Crippen LogP contribution < -0.4 is 15.5 Å². The predicted molar refractivity (Wildman–Crippen MR) is 105 cm³/mol. The molecule has 156 valence electrons. The zero-order valence-electron chi connectivity index (χ0n) is 16.1. The molecule has 2 aliphatic rings. The van der Waals surface area contributed by atoms with Gasteiger partial charge in [-0.3, -0.25) is 9.59 Å². The molecule has 2 aromatic rings. The van der Waals surface area contributed by atoms with Gasteiger partial charge in [0, 0.05) is 12.6 Å². The highest BCUT2D eigenvalue weighted by Gasteiger charge is 2.36. The highest BCUT2D eigenvalue weighted by molar-refractivity contribution is 6.05. The van der Waals surface area contributed by atoms with Gasteiger partial charge in [-0.2, -0.15) is 0 Å². The number of anilines is 3. The summed E-state index contributed by atoms with van der Waals surface area (Å²) in [5, 5.41) is 5.06. The normalized spacial score (nSPS) is 18.2. The minimum atomic E-state index is -1.23. The van der Waals surface area contributed by atoms with Crippen molar-refractivity contribution in [2.45, 2.75) is 31.9 Å². The summed E-state index contributed by atoms with van der Waals surface area (Å²) in [7, 11) is 0. The zero-order chi connectivity index (χ0) is 21.4. The lowest BCUT2D eigenvalue weighted by Crippen LogP contribution is -2.43. The molecule has 30 heavy (non-hydrogen) atoms. The van der Waals surface area contributed by atoms with Crippen LogP contribution in [0.3, 0.4) is 0 Å². The number of hydrogen-bond donors (Lipinski definition) is 2. The predicted octanol–water partition coefficient (Wildman–Crippen LogP) is 3.07. The molecule has 2 heterocycles. The lowest BCUT2D eigenvalue weighted by Gasteiger charge is -2.33. The number of fused-ring (bicyclic) bond motifs is 3. The highest BCUT2D eigenvalue weighted by Crippen LogP contribution is 2.37. The van der Waals surface area contributed by atoms with Crippen LogP contribution in [0.25, 0.3) is 0 Å². The van der Waals surface area contributed by atoms with Crippen LogP contribution in [-0.2, 0) is 14.3 Å². The molecule has 2 aliphatic heterocycles. The van der Waals surface area contributed by atoms with E-state index in [1.807, 2.05) is 4.90 Å². The van der Waals surface area contributed by atoms with Crippen molar-refractivity contribution >= 4 is 34.8 Å². The molecule has 7 nitrogen and oxygen atoms in total. The van der Waals surface area contributed by atoms with Crippen LogP contribution >= 0.6 is 0 Å². The van der Waals surface area contributed by atoms with Crippen LogP contribution in [0.2, 0.25) is 0 Å². The fourth-order valence-corrected chi connectivity index (χ4v) is 3.66. The molecule has 0 unspecified atom stereocenters. The van der Waals surface area contributed by atoms with E-state index in [1.165, 1.54) is 13.0 Å². The van der Waals surface area contributed by atoms with E-state index < -0.39 is 29.6 Å². The van der Waals surface area contributed by atoms with Crippen LogP contribution in [0.15, 0.2) is 36.4 Å². The number of nitrogens with zero attached hydrogens (tertiary/aromatic N) is 1. The topological polar surface area (TPSA) is 87.7 Å². The molecule has 0 radical (unpaired) electrons. The number of rotatable bonds is 4. The Balaban J connectivity index is 1.44. The van der Waals surface area contributed by atoms with E-state index in [0.717, 1.165) is 37.2 Å². The van der Waals surface area contributed by atoms with E-state index >= 15 is 0 Å². The van der Waals surface area contributed by atoms with Crippen LogP contribution in [0.4, 0.5) is 25.8 Å². The van der Waals surface area contributed by atoms with Gasteiger partial charge >= 0.3 is 5.97 Å². The number of carbonyl (C=O) groups is 3. The van der Waals surface area contributed by atoms with Gasteiger partial charge in [0.25, 0.3) is 5.91 Å². The molecule has 0 spiro atoms. The largest absolute Gasteiger partial charge is 0.449 e. The molecule has 1 fully saturated rings. The second-order valence-electron chi connectivity index (χ2n) is 7.23. The molecular weight excluding hydrogens is 396 g/mol. The number of halogens is 2. The van der Waals surface area contributed by atoms with Crippen molar-refractivity contribution in [3.8, 4) is 0 Å². The van der Waals surface area contributed by atoms with Crippen molar-refractivity contribution in [3.05, 3.63) is 53.6 Å². The van der Waals surface area contributed by atoms with Crippen molar-refractivity contribution in [1.29, 1.82) is 0 Å². The number of nitrogens with one attached hydrogen (secondary N) is 2. The van der Waals surface area contributed by atoms with Crippen molar-refractivity contribution in [2.24, 2.45) is 0 Å². The SMILES string of the molecule is C[C@@H](OC(=O)c1ccc2c(c1)NC(=O)[C@@H]1CCCN21)C(=O)Nc1ccc(F)cc1F. The van der Waals surface area contributed by atoms with Gasteiger partial charge in [0.1, 0.15) is 17.7 Å². The van der Waals surface area contributed by atoms with Crippen molar-refractivity contribution in [3.63, 3.8) is 0 Å². The van der Waals surface area contributed by atoms with Crippen LogP contribution in [0.1, 0.15) is 30.1 Å². The average molecular weight is 415 g/mol. The standard InChI is InChI=1S/C21H19F2N3O4/c1-11(19(27)24-15-6-5-13(22)10-14(15)23)30-21(29)12-4-7-17-16(9-12)25-20(28)18-3-2-8-26(17)18/h4-7,9-11,18H,2-3,8H2,1H3,(H,24,27)(H,25,28)/t11-,18+/m1/s1. The summed E-state index contributed by atoms with van der Waals surface area (Å²) in [6, 6.07) is 7.34. The fraction of sp³-hybridized carbons (Fsp3) is 0.286. The Bertz CT molecular complexity index is 1040. The van der Waals surface area contributed by atoms with Crippen LogP contribution in [0.5, 0.6) is 0 Å². The maximum Gasteiger partial charge on any atom is 0.338 e. The summed E-state index contributed by atoms with van der Waals surface area (Å²) in [6.45, 7) is 2.11. The monoisotopic (exact) mass is 415 g/mol. The Hall–Kier alpha value is -3.49. The number of amides is 2. The number of esters is 1. The Labute approximate surface area is 171 Å². The maximum atomic E-state index is 13.7. The Morgan fingerprint density at radius 2 is 2.03 bits per heavy atom. The molecular formula is C21H19F2N3O4. The Morgan fingerprint density at radius 1 is 1.23 bits per heavy atom. The smallest absolute Gasteiger partial charge is 0.338 e. The maximum absolute atomic E-state index is 13.7.